The van der Waals surface area contributed by atoms with Gasteiger partial charge in [0.05, 0.1) is 10.4 Å². The molecular formula is C10H8BrN5O2. The van der Waals surface area contributed by atoms with Crippen molar-refractivity contribution in [1.82, 2.24) is 25.1 Å². The molecule has 92 valence electrons. The van der Waals surface area contributed by atoms with E-state index in [1.165, 1.54) is 0 Å². The molecule has 2 aromatic rings. The van der Waals surface area contributed by atoms with Crippen molar-refractivity contribution in [2.24, 2.45) is 5.92 Å². The lowest BCUT2D eigenvalue weighted by molar-refractivity contribution is -0.138. The molecule has 0 saturated heterocycles. The first-order chi connectivity index (χ1) is 8.65. The van der Waals surface area contributed by atoms with Gasteiger partial charge in [-0.25, -0.2) is 15.0 Å². The molecule has 0 aliphatic heterocycles. The number of carboxylic acids is 1. The number of halogens is 1. The summed E-state index contributed by atoms with van der Waals surface area (Å²) in [4.78, 5) is 23.2. The number of carbonyl (C=O) groups is 1. The Kier molecular flexibility index (Phi) is 2.58. The van der Waals surface area contributed by atoms with Crippen molar-refractivity contribution in [3.8, 4) is 11.6 Å². The lowest BCUT2D eigenvalue weighted by Gasteiger charge is -1.92. The first kappa shape index (κ1) is 11.3. The minimum absolute atomic E-state index is 0.0702. The third-order valence-corrected chi connectivity index (χ3v) is 3.19. The van der Waals surface area contributed by atoms with Crippen LogP contribution in [0.2, 0.25) is 0 Å². The van der Waals surface area contributed by atoms with Crippen molar-refractivity contribution in [3.63, 3.8) is 0 Å². The van der Waals surface area contributed by atoms with Gasteiger partial charge >= 0.3 is 5.97 Å². The zero-order valence-corrected chi connectivity index (χ0v) is 10.6. The van der Waals surface area contributed by atoms with Crippen LogP contribution in [0.1, 0.15) is 18.2 Å². The van der Waals surface area contributed by atoms with Crippen LogP contribution in [0.4, 0.5) is 0 Å². The summed E-state index contributed by atoms with van der Waals surface area (Å²) in [6.45, 7) is 0. The molecule has 2 heterocycles. The Morgan fingerprint density at radius 3 is 2.72 bits per heavy atom. The van der Waals surface area contributed by atoms with Crippen LogP contribution in [0, 0.1) is 5.92 Å². The van der Waals surface area contributed by atoms with Gasteiger partial charge in [-0.05, 0) is 22.4 Å². The van der Waals surface area contributed by atoms with Crippen LogP contribution in [0.25, 0.3) is 11.6 Å². The van der Waals surface area contributed by atoms with E-state index < -0.39 is 5.97 Å². The molecule has 3 rings (SSSR count). The average Bonchev–Trinajstić information content (AvgIpc) is 3.02. The lowest BCUT2D eigenvalue weighted by Crippen LogP contribution is -1.99. The monoisotopic (exact) mass is 309 g/mol. The zero-order chi connectivity index (χ0) is 12.7. The lowest BCUT2D eigenvalue weighted by atomic mass is 10.3. The molecule has 2 atom stereocenters. The van der Waals surface area contributed by atoms with Gasteiger partial charge in [-0.1, -0.05) is 0 Å². The summed E-state index contributed by atoms with van der Waals surface area (Å²) < 4.78 is 0.773. The highest BCUT2D eigenvalue weighted by Crippen LogP contribution is 2.46. The van der Waals surface area contributed by atoms with Crippen molar-refractivity contribution in [2.75, 3.05) is 0 Å². The fraction of sp³-hybridized carbons (Fsp3) is 0.300. The first-order valence-corrected chi connectivity index (χ1v) is 6.07. The second kappa shape index (κ2) is 4.13. The second-order valence-corrected chi connectivity index (χ2v) is 4.97. The predicted octanol–water partition coefficient (Wildman–Crippen LogP) is 1.21. The number of aromatic amines is 1. The van der Waals surface area contributed by atoms with Crippen molar-refractivity contribution in [1.29, 1.82) is 0 Å². The summed E-state index contributed by atoms with van der Waals surface area (Å²) >= 11 is 3.24. The summed E-state index contributed by atoms with van der Waals surface area (Å²) in [5.41, 5.74) is 0. The van der Waals surface area contributed by atoms with Crippen molar-refractivity contribution >= 4 is 21.9 Å². The van der Waals surface area contributed by atoms with E-state index in [1.54, 1.807) is 12.4 Å². The number of nitrogens with zero attached hydrogens (tertiary/aromatic N) is 4. The Labute approximate surface area is 110 Å². The number of carboxylic acid groups (broad SMARTS) is 1. The van der Waals surface area contributed by atoms with Crippen molar-refractivity contribution < 1.29 is 9.90 Å². The third-order valence-electron chi connectivity index (χ3n) is 2.78. The van der Waals surface area contributed by atoms with Gasteiger partial charge in [-0.3, -0.25) is 9.89 Å². The van der Waals surface area contributed by atoms with Gasteiger partial charge in [-0.2, -0.15) is 0 Å². The fourth-order valence-corrected chi connectivity index (χ4v) is 1.94. The molecule has 1 aliphatic carbocycles. The maximum atomic E-state index is 10.8. The van der Waals surface area contributed by atoms with Gasteiger partial charge in [-0.15, -0.1) is 5.10 Å². The van der Waals surface area contributed by atoms with E-state index in [1.807, 2.05) is 0 Å². The van der Waals surface area contributed by atoms with E-state index in [2.05, 4.69) is 41.1 Å². The fourth-order valence-electron chi connectivity index (χ4n) is 1.74. The van der Waals surface area contributed by atoms with E-state index in [9.17, 15) is 4.79 Å². The number of rotatable bonds is 3. The molecule has 1 aliphatic rings. The number of aromatic nitrogens is 5. The number of H-pyrrole nitrogens is 1. The Morgan fingerprint density at radius 1 is 1.39 bits per heavy atom. The standard InChI is InChI=1S/C10H8BrN5O2/c11-4-2-12-8(13-3-4)9-14-7(15-16-9)5-1-6(5)10(17)18/h2-3,5-6H,1H2,(H,17,18)(H,14,15,16)/t5-,6+/m0/s1. The molecule has 0 amide bonds. The Bertz CT molecular complexity index is 597. The van der Waals surface area contributed by atoms with Crippen LogP contribution < -0.4 is 0 Å². The molecule has 2 aromatic heterocycles. The molecule has 0 unspecified atom stereocenters. The summed E-state index contributed by atoms with van der Waals surface area (Å²) in [6, 6.07) is 0. The van der Waals surface area contributed by atoms with Gasteiger partial charge in [0.15, 0.2) is 5.82 Å². The van der Waals surface area contributed by atoms with Crippen LogP contribution in [-0.2, 0) is 4.79 Å². The molecule has 0 radical (unpaired) electrons. The van der Waals surface area contributed by atoms with Crippen molar-refractivity contribution in [2.45, 2.75) is 12.3 Å². The Balaban J connectivity index is 1.82. The molecule has 0 aromatic carbocycles. The molecule has 1 saturated carbocycles. The van der Waals surface area contributed by atoms with E-state index >= 15 is 0 Å². The highest BCUT2D eigenvalue weighted by molar-refractivity contribution is 9.10. The summed E-state index contributed by atoms with van der Waals surface area (Å²) in [7, 11) is 0. The third kappa shape index (κ3) is 1.99. The van der Waals surface area contributed by atoms with Gasteiger partial charge in [0.25, 0.3) is 0 Å². The smallest absolute Gasteiger partial charge is 0.307 e. The topological polar surface area (TPSA) is 105 Å². The normalized spacial score (nSPS) is 21.8. The van der Waals surface area contributed by atoms with Gasteiger partial charge < -0.3 is 5.11 Å². The predicted molar refractivity (Wildman–Crippen MR) is 63.6 cm³/mol. The number of hydrogen-bond acceptors (Lipinski definition) is 5. The second-order valence-electron chi connectivity index (χ2n) is 4.06. The molecule has 7 nitrogen and oxygen atoms in total. The maximum Gasteiger partial charge on any atom is 0.307 e. The van der Waals surface area contributed by atoms with Gasteiger partial charge in [0, 0.05) is 18.3 Å². The van der Waals surface area contributed by atoms with Gasteiger partial charge in [0.1, 0.15) is 5.82 Å². The molecule has 2 N–H and O–H groups in total. The first-order valence-electron chi connectivity index (χ1n) is 5.28. The molecule has 8 heteroatoms. The van der Waals surface area contributed by atoms with Crippen LogP contribution in [0.3, 0.4) is 0 Å². The van der Waals surface area contributed by atoms with Crippen LogP contribution in [0.15, 0.2) is 16.9 Å². The molecule has 1 fully saturated rings. The minimum Gasteiger partial charge on any atom is -0.481 e. The highest BCUT2D eigenvalue weighted by Gasteiger charge is 2.46. The number of nitrogens with one attached hydrogen (secondary N) is 1. The number of hydrogen-bond donors (Lipinski definition) is 2. The molecular weight excluding hydrogens is 302 g/mol. The van der Waals surface area contributed by atoms with E-state index in [0.717, 1.165) is 4.47 Å². The zero-order valence-electron chi connectivity index (χ0n) is 9.04. The molecule has 0 bridgehead atoms. The molecule has 18 heavy (non-hydrogen) atoms. The average molecular weight is 310 g/mol. The van der Waals surface area contributed by atoms with Crippen LogP contribution >= 0.6 is 15.9 Å². The summed E-state index contributed by atoms with van der Waals surface area (Å²) in [5.74, 6) is 0.166. The summed E-state index contributed by atoms with van der Waals surface area (Å²) in [5, 5.41) is 15.6. The molecule has 0 spiro atoms. The Hall–Kier alpha value is -1.83. The van der Waals surface area contributed by atoms with E-state index in [0.29, 0.717) is 23.9 Å². The minimum atomic E-state index is -0.794. The number of aliphatic carboxylic acids is 1. The largest absolute Gasteiger partial charge is 0.481 e. The SMILES string of the molecule is O=C(O)[C@@H]1C[C@@H]1c1nc(-c2ncc(Br)cn2)n[nH]1. The van der Waals surface area contributed by atoms with Crippen LogP contribution in [0.5, 0.6) is 0 Å². The van der Waals surface area contributed by atoms with Gasteiger partial charge in [0.2, 0.25) is 5.82 Å². The van der Waals surface area contributed by atoms with Crippen LogP contribution in [-0.4, -0.2) is 36.2 Å². The highest BCUT2D eigenvalue weighted by atomic mass is 79.9. The quantitative estimate of drug-likeness (QED) is 0.883. The van der Waals surface area contributed by atoms with Crippen molar-refractivity contribution in [3.05, 3.63) is 22.7 Å². The van der Waals surface area contributed by atoms with E-state index in [4.69, 9.17) is 5.11 Å². The maximum absolute atomic E-state index is 10.8. The summed E-state index contributed by atoms with van der Waals surface area (Å²) in [6.07, 6.45) is 3.82. The van der Waals surface area contributed by atoms with E-state index in [-0.39, 0.29) is 11.8 Å². The Morgan fingerprint density at radius 2 is 2.11 bits per heavy atom.